The summed E-state index contributed by atoms with van der Waals surface area (Å²) in [4.78, 5) is 23.3. The Labute approximate surface area is 167 Å². The highest BCUT2D eigenvalue weighted by atomic mass is 32.1. The SMILES string of the molecule is COc1cccc(CN(C)Cc2nc3scc(-c4ccccc4)c3c(=O)[nH]2)c1. The molecular weight excluding hydrogens is 370 g/mol. The molecule has 4 rings (SSSR count). The number of H-pyrrole nitrogens is 1. The summed E-state index contributed by atoms with van der Waals surface area (Å²) in [5.74, 6) is 1.51. The van der Waals surface area contributed by atoms with Crippen molar-refractivity contribution in [2.45, 2.75) is 13.1 Å². The number of ether oxygens (including phenoxy) is 1. The lowest BCUT2D eigenvalue weighted by Crippen LogP contribution is -2.21. The van der Waals surface area contributed by atoms with E-state index < -0.39 is 0 Å². The van der Waals surface area contributed by atoms with E-state index in [1.807, 2.05) is 61.0 Å². The molecular formula is C22H21N3O2S. The monoisotopic (exact) mass is 391 g/mol. The first-order chi connectivity index (χ1) is 13.6. The summed E-state index contributed by atoms with van der Waals surface area (Å²) in [6.07, 6.45) is 0. The van der Waals surface area contributed by atoms with Crippen molar-refractivity contribution in [2.24, 2.45) is 0 Å². The van der Waals surface area contributed by atoms with Crippen molar-refractivity contribution in [1.82, 2.24) is 14.9 Å². The van der Waals surface area contributed by atoms with E-state index in [9.17, 15) is 4.79 Å². The van der Waals surface area contributed by atoms with Gasteiger partial charge >= 0.3 is 0 Å². The van der Waals surface area contributed by atoms with Crippen LogP contribution in [-0.4, -0.2) is 29.0 Å². The third-order valence-electron chi connectivity index (χ3n) is 4.58. The standard InChI is InChI=1S/C22H21N3O2S/c1-25(12-15-7-6-10-17(11-15)27-2)13-19-23-21(26)20-18(14-28-22(20)24-19)16-8-4-3-5-9-16/h3-11,14H,12-13H2,1-2H3,(H,23,24,26). The number of fused-ring (bicyclic) bond motifs is 1. The van der Waals surface area contributed by atoms with Gasteiger partial charge in [-0.05, 0) is 30.3 Å². The summed E-state index contributed by atoms with van der Waals surface area (Å²) >= 11 is 1.51. The van der Waals surface area contributed by atoms with Gasteiger partial charge in [0.2, 0.25) is 0 Å². The van der Waals surface area contributed by atoms with Crippen LogP contribution in [0.4, 0.5) is 0 Å². The summed E-state index contributed by atoms with van der Waals surface area (Å²) in [6.45, 7) is 1.29. The van der Waals surface area contributed by atoms with Crippen LogP contribution in [-0.2, 0) is 13.1 Å². The van der Waals surface area contributed by atoms with Crippen LogP contribution in [0.3, 0.4) is 0 Å². The van der Waals surface area contributed by atoms with Gasteiger partial charge in [-0.15, -0.1) is 11.3 Å². The fourth-order valence-corrected chi connectivity index (χ4v) is 4.26. The van der Waals surface area contributed by atoms with Crippen LogP contribution >= 0.6 is 11.3 Å². The molecule has 0 saturated heterocycles. The molecule has 0 bridgehead atoms. The van der Waals surface area contributed by atoms with E-state index >= 15 is 0 Å². The average molecular weight is 391 g/mol. The maximum Gasteiger partial charge on any atom is 0.260 e. The van der Waals surface area contributed by atoms with Gasteiger partial charge in [0.05, 0.1) is 19.0 Å². The molecule has 0 aliphatic heterocycles. The zero-order chi connectivity index (χ0) is 19.5. The lowest BCUT2D eigenvalue weighted by atomic mass is 10.1. The first-order valence-electron chi connectivity index (χ1n) is 9.01. The van der Waals surface area contributed by atoms with Crippen molar-refractivity contribution >= 4 is 21.6 Å². The predicted octanol–water partition coefficient (Wildman–Crippen LogP) is 4.29. The Kier molecular flexibility index (Phi) is 5.23. The van der Waals surface area contributed by atoms with E-state index in [2.05, 4.69) is 16.0 Å². The molecule has 0 unspecified atom stereocenters. The second-order valence-corrected chi connectivity index (χ2v) is 7.59. The number of rotatable bonds is 6. The Morgan fingerprint density at radius 2 is 1.93 bits per heavy atom. The van der Waals surface area contributed by atoms with E-state index in [1.165, 1.54) is 11.3 Å². The number of nitrogens with zero attached hydrogens (tertiary/aromatic N) is 2. The molecule has 0 spiro atoms. The number of aromatic amines is 1. The molecule has 6 heteroatoms. The van der Waals surface area contributed by atoms with Gasteiger partial charge in [0, 0.05) is 17.5 Å². The zero-order valence-corrected chi connectivity index (χ0v) is 16.6. The zero-order valence-electron chi connectivity index (χ0n) is 15.8. The Hall–Kier alpha value is -2.96. The van der Waals surface area contributed by atoms with Crippen LogP contribution < -0.4 is 10.3 Å². The summed E-state index contributed by atoms with van der Waals surface area (Å²) in [7, 11) is 3.67. The van der Waals surface area contributed by atoms with Crippen LogP contribution in [0.2, 0.25) is 0 Å². The first-order valence-corrected chi connectivity index (χ1v) is 9.89. The Morgan fingerprint density at radius 3 is 2.71 bits per heavy atom. The van der Waals surface area contributed by atoms with Crippen LogP contribution in [0.15, 0.2) is 64.8 Å². The van der Waals surface area contributed by atoms with Gasteiger partial charge in [-0.2, -0.15) is 0 Å². The molecule has 142 valence electrons. The molecule has 28 heavy (non-hydrogen) atoms. The predicted molar refractivity (Wildman–Crippen MR) is 114 cm³/mol. The summed E-state index contributed by atoms with van der Waals surface area (Å²) < 4.78 is 5.28. The normalized spacial score (nSPS) is 11.2. The number of nitrogens with one attached hydrogen (secondary N) is 1. The van der Waals surface area contributed by atoms with Gasteiger partial charge in [0.15, 0.2) is 0 Å². The highest BCUT2D eigenvalue weighted by Crippen LogP contribution is 2.30. The van der Waals surface area contributed by atoms with Crippen molar-refractivity contribution in [3.63, 3.8) is 0 Å². The smallest absolute Gasteiger partial charge is 0.260 e. The third-order valence-corrected chi connectivity index (χ3v) is 5.46. The second kappa shape index (κ2) is 7.96. The molecule has 2 aromatic carbocycles. The lowest BCUT2D eigenvalue weighted by molar-refractivity contribution is 0.310. The van der Waals surface area contributed by atoms with E-state index in [-0.39, 0.29) is 5.56 Å². The highest BCUT2D eigenvalue weighted by Gasteiger charge is 2.13. The maximum absolute atomic E-state index is 12.8. The minimum atomic E-state index is -0.0881. The first kappa shape index (κ1) is 18.4. The number of benzene rings is 2. The molecule has 0 aliphatic carbocycles. The molecule has 0 amide bonds. The highest BCUT2D eigenvalue weighted by molar-refractivity contribution is 7.17. The summed E-state index contributed by atoms with van der Waals surface area (Å²) in [5.41, 5.74) is 3.03. The fourth-order valence-electron chi connectivity index (χ4n) is 3.29. The van der Waals surface area contributed by atoms with Crippen molar-refractivity contribution in [1.29, 1.82) is 0 Å². The van der Waals surface area contributed by atoms with Crippen LogP contribution in [0.1, 0.15) is 11.4 Å². The van der Waals surface area contributed by atoms with Gasteiger partial charge in [0.1, 0.15) is 16.4 Å². The number of methoxy groups -OCH3 is 1. The fraction of sp³-hybridized carbons (Fsp3) is 0.182. The number of hydrogen-bond acceptors (Lipinski definition) is 5. The minimum absolute atomic E-state index is 0.0881. The molecule has 0 aliphatic rings. The Bertz CT molecular complexity index is 1150. The summed E-state index contributed by atoms with van der Waals surface area (Å²) in [5, 5.41) is 2.67. The van der Waals surface area contributed by atoms with Gasteiger partial charge in [-0.25, -0.2) is 4.98 Å². The molecule has 2 aromatic heterocycles. The Morgan fingerprint density at radius 1 is 1.11 bits per heavy atom. The van der Waals surface area contributed by atoms with Crippen molar-refractivity contribution in [2.75, 3.05) is 14.2 Å². The molecule has 0 fully saturated rings. The molecule has 2 heterocycles. The number of hydrogen-bond donors (Lipinski definition) is 1. The average Bonchev–Trinajstić information content (AvgIpc) is 3.13. The van der Waals surface area contributed by atoms with Crippen molar-refractivity contribution < 1.29 is 4.74 Å². The molecule has 5 nitrogen and oxygen atoms in total. The van der Waals surface area contributed by atoms with E-state index in [0.717, 1.165) is 33.8 Å². The number of thiophene rings is 1. The van der Waals surface area contributed by atoms with Crippen LogP contribution in [0, 0.1) is 0 Å². The number of aromatic nitrogens is 2. The molecule has 0 saturated carbocycles. The van der Waals surface area contributed by atoms with Crippen LogP contribution in [0.25, 0.3) is 21.3 Å². The van der Waals surface area contributed by atoms with Crippen LogP contribution in [0.5, 0.6) is 5.75 Å². The maximum atomic E-state index is 12.8. The van der Waals surface area contributed by atoms with Crippen molar-refractivity contribution in [3.05, 3.63) is 81.7 Å². The van der Waals surface area contributed by atoms with E-state index in [4.69, 9.17) is 9.72 Å². The molecule has 4 aromatic rings. The third kappa shape index (κ3) is 3.83. The quantitative estimate of drug-likeness (QED) is 0.533. The topological polar surface area (TPSA) is 58.2 Å². The van der Waals surface area contributed by atoms with E-state index in [1.54, 1.807) is 7.11 Å². The molecule has 0 radical (unpaired) electrons. The molecule has 1 N–H and O–H groups in total. The lowest BCUT2D eigenvalue weighted by Gasteiger charge is -2.16. The van der Waals surface area contributed by atoms with E-state index in [0.29, 0.717) is 17.8 Å². The van der Waals surface area contributed by atoms with Gasteiger partial charge in [-0.1, -0.05) is 42.5 Å². The van der Waals surface area contributed by atoms with Gasteiger partial charge in [-0.3, -0.25) is 9.69 Å². The Balaban J connectivity index is 1.57. The van der Waals surface area contributed by atoms with Gasteiger partial charge in [0.25, 0.3) is 5.56 Å². The van der Waals surface area contributed by atoms with Crippen molar-refractivity contribution in [3.8, 4) is 16.9 Å². The second-order valence-electron chi connectivity index (χ2n) is 6.73. The largest absolute Gasteiger partial charge is 0.497 e. The summed E-state index contributed by atoms with van der Waals surface area (Å²) in [6, 6.07) is 17.9. The molecule has 0 atom stereocenters. The minimum Gasteiger partial charge on any atom is -0.497 e. The van der Waals surface area contributed by atoms with Gasteiger partial charge < -0.3 is 9.72 Å².